The summed E-state index contributed by atoms with van der Waals surface area (Å²) in [4.78, 5) is 43.5. The summed E-state index contributed by atoms with van der Waals surface area (Å²) in [6.07, 6.45) is 7.19. The van der Waals surface area contributed by atoms with E-state index in [1.807, 2.05) is 21.9 Å². The average Bonchev–Trinajstić information content (AvgIpc) is 2.86. The summed E-state index contributed by atoms with van der Waals surface area (Å²) in [5.74, 6) is 0.973. The van der Waals surface area contributed by atoms with E-state index in [9.17, 15) is 14.4 Å². The van der Waals surface area contributed by atoms with Crippen LogP contribution in [-0.2, 0) is 9.59 Å². The Morgan fingerprint density at radius 2 is 1.45 bits per heavy atom. The summed E-state index contributed by atoms with van der Waals surface area (Å²) in [6, 6.07) is 7.21. The molecule has 2 heterocycles. The predicted molar refractivity (Wildman–Crippen MR) is 128 cm³/mol. The minimum atomic E-state index is -0.0216. The van der Waals surface area contributed by atoms with E-state index >= 15 is 0 Å². The Bertz CT molecular complexity index is 766. The van der Waals surface area contributed by atoms with Gasteiger partial charge in [-0.25, -0.2) is 0 Å². The zero-order valence-corrected chi connectivity index (χ0v) is 20.1. The average molecular weight is 458 g/mol. The van der Waals surface area contributed by atoms with Gasteiger partial charge in [0, 0.05) is 57.7 Å². The van der Waals surface area contributed by atoms with Crippen molar-refractivity contribution in [3.05, 3.63) is 29.8 Å². The topological polar surface area (TPSA) is 70.2 Å². The second-order valence-electron chi connectivity index (χ2n) is 9.10. The van der Waals surface area contributed by atoms with Crippen molar-refractivity contribution in [1.29, 1.82) is 0 Å². The number of ether oxygens (including phenoxy) is 1. The van der Waals surface area contributed by atoms with Gasteiger partial charge in [0.2, 0.25) is 11.8 Å². The van der Waals surface area contributed by atoms with Crippen molar-refractivity contribution >= 4 is 17.6 Å². The number of hydrogen-bond acceptors (Lipinski definition) is 5. The molecule has 0 aromatic heterocycles. The highest BCUT2D eigenvalue weighted by Gasteiger charge is 2.25. The number of carbonyl (C=O) groups is 3. The summed E-state index contributed by atoms with van der Waals surface area (Å²) in [6.45, 7) is 7.69. The molecule has 0 radical (unpaired) electrons. The minimum absolute atomic E-state index is 0.0150. The zero-order valence-electron chi connectivity index (χ0n) is 20.1. The van der Waals surface area contributed by atoms with Gasteiger partial charge in [-0.15, -0.1) is 0 Å². The smallest absolute Gasteiger partial charge is 0.236 e. The number of likely N-dealkylation sites (tertiary alicyclic amines) is 1. The van der Waals surface area contributed by atoms with Crippen LogP contribution >= 0.6 is 0 Å². The lowest BCUT2D eigenvalue weighted by atomic mass is 10.1. The lowest BCUT2D eigenvalue weighted by Crippen LogP contribution is -2.52. The van der Waals surface area contributed by atoms with Crippen molar-refractivity contribution in [1.82, 2.24) is 14.7 Å². The van der Waals surface area contributed by atoms with Crippen LogP contribution < -0.4 is 4.74 Å². The molecule has 2 aliphatic rings. The number of rotatable bonds is 11. The van der Waals surface area contributed by atoms with Crippen LogP contribution in [0.1, 0.15) is 68.6 Å². The highest BCUT2D eigenvalue weighted by Crippen LogP contribution is 2.16. The molecule has 0 N–H and O–H groups in total. The first-order valence-corrected chi connectivity index (χ1v) is 12.6. The third-order valence-corrected chi connectivity index (χ3v) is 6.55. The third kappa shape index (κ3) is 8.14. The molecule has 0 aliphatic carbocycles. The molecule has 0 spiro atoms. The Kier molecular flexibility index (Phi) is 10.2. The molecule has 2 saturated heterocycles. The molecule has 182 valence electrons. The minimum Gasteiger partial charge on any atom is -0.494 e. The largest absolute Gasteiger partial charge is 0.494 e. The summed E-state index contributed by atoms with van der Waals surface area (Å²) < 4.78 is 5.69. The van der Waals surface area contributed by atoms with Crippen LogP contribution in [0.4, 0.5) is 0 Å². The van der Waals surface area contributed by atoms with Crippen LogP contribution in [-0.4, -0.2) is 84.7 Å². The molecule has 7 nitrogen and oxygen atoms in total. The van der Waals surface area contributed by atoms with Crippen LogP contribution in [0, 0.1) is 0 Å². The number of unbranched alkanes of at least 4 members (excludes halogenated alkanes) is 2. The van der Waals surface area contributed by atoms with Gasteiger partial charge in [-0.3, -0.25) is 19.3 Å². The standard InChI is InChI=1S/C26H39N3O4/c1-2-3-7-20-33-23-10-8-22(9-11-23)24(30)12-13-25(31)29-18-16-27(17-19-29)21-26(32)28-14-5-4-6-15-28/h8-11H,2-7,12-21H2,1H3. The molecular weight excluding hydrogens is 418 g/mol. The van der Waals surface area contributed by atoms with Crippen LogP contribution in [0.2, 0.25) is 0 Å². The number of nitrogens with zero attached hydrogens (tertiary/aromatic N) is 3. The molecule has 0 atom stereocenters. The predicted octanol–water partition coefficient (Wildman–Crippen LogP) is 3.38. The lowest BCUT2D eigenvalue weighted by molar-refractivity contribution is -0.135. The van der Waals surface area contributed by atoms with Crippen molar-refractivity contribution in [3.63, 3.8) is 0 Å². The van der Waals surface area contributed by atoms with Crippen molar-refractivity contribution in [2.24, 2.45) is 0 Å². The molecular formula is C26H39N3O4. The van der Waals surface area contributed by atoms with Gasteiger partial charge in [-0.05, 0) is 49.9 Å². The Morgan fingerprint density at radius 1 is 0.788 bits per heavy atom. The Hall–Kier alpha value is -2.41. The van der Waals surface area contributed by atoms with Crippen molar-refractivity contribution < 1.29 is 19.1 Å². The Labute approximate surface area is 198 Å². The maximum absolute atomic E-state index is 12.6. The van der Waals surface area contributed by atoms with Gasteiger partial charge in [-0.1, -0.05) is 19.8 Å². The van der Waals surface area contributed by atoms with Gasteiger partial charge in [0.15, 0.2) is 5.78 Å². The molecule has 1 aromatic rings. The van der Waals surface area contributed by atoms with Gasteiger partial charge < -0.3 is 14.5 Å². The number of carbonyl (C=O) groups excluding carboxylic acids is 3. The van der Waals surface area contributed by atoms with E-state index in [0.29, 0.717) is 44.9 Å². The second-order valence-corrected chi connectivity index (χ2v) is 9.10. The number of piperazine rings is 1. The molecule has 2 aliphatic heterocycles. The fourth-order valence-electron chi connectivity index (χ4n) is 4.39. The lowest BCUT2D eigenvalue weighted by Gasteiger charge is -2.36. The first kappa shape index (κ1) is 25.2. The van der Waals surface area contributed by atoms with Crippen LogP contribution in [0.25, 0.3) is 0 Å². The monoisotopic (exact) mass is 457 g/mol. The van der Waals surface area contributed by atoms with Gasteiger partial charge in [-0.2, -0.15) is 0 Å². The summed E-state index contributed by atoms with van der Waals surface area (Å²) in [5.41, 5.74) is 0.616. The molecule has 1 aromatic carbocycles. The van der Waals surface area contributed by atoms with Crippen molar-refractivity contribution in [2.45, 2.75) is 58.3 Å². The van der Waals surface area contributed by atoms with E-state index in [1.165, 1.54) is 6.42 Å². The van der Waals surface area contributed by atoms with Gasteiger partial charge in [0.05, 0.1) is 13.2 Å². The molecule has 0 saturated carbocycles. The molecule has 0 unspecified atom stereocenters. The fraction of sp³-hybridized carbons (Fsp3) is 0.654. The summed E-state index contributed by atoms with van der Waals surface area (Å²) >= 11 is 0. The van der Waals surface area contributed by atoms with Crippen LogP contribution in [0.3, 0.4) is 0 Å². The van der Waals surface area contributed by atoms with E-state index in [2.05, 4.69) is 11.8 Å². The van der Waals surface area contributed by atoms with Gasteiger partial charge in [0.1, 0.15) is 5.75 Å². The Morgan fingerprint density at radius 3 is 2.12 bits per heavy atom. The zero-order chi connectivity index (χ0) is 23.5. The van der Waals surface area contributed by atoms with Crippen molar-refractivity contribution in [3.8, 4) is 5.75 Å². The van der Waals surface area contributed by atoms with E-state index in [0.717, 1.165) is 50.9 Å². The van der Waals surface area contributed by atoms with E-state index in [-0.39, 0.29) is 30.4 Å². The number of hydrogen-bond donors (Lipinski definition) is 0. The highest BCUT2D eigenvalue weighted by molar-refractivity contribution is 5.98. The van der Waals surface area contributed by atoms with Crippen molar-refractivity contribution in [2.75, 3.05) is 52.4 Å². The van der Waals surface area contributed by atoms with E-state index < -0.39 is 0 Å². The normalized spacial score (nSPS) is 17.1. The number of benzene rings is 1. The summed E-state index contributed by atoms with van der Waals surface area (Å²) in [5, 5.41) is 0. The molecule has 3 rings (SSSR count). The van der Waals surface area contributed by atoms with Gasteiger partial charge >= 0.3 is 0 Å². The maximum Gasteiger partial charge on any atom is 0.236 e. The second kappa shape index (κ2) is 13.3. The van der Waals surface area contributed by atoms with Crippen LogP contribution in [0.5, 0.6) is 5.75 Å². The summed E-state index contributed by atoms with van der Waals surface area (Å²) in [7, 11) is 0. The molecule has 33 heavy (non-hydrogen) atoms. The Balaban J connectivity index is 1.34. The first-order chi connectivity index (χ1) is 16.1. The maximum atomic E-state index is 12.6. The third-order valence-electron chi connectivity index (χ3n) is 6.55. The first-order valence-electron chi connectivity index (χ1n) is 12.6. The molecule has 2 amide bonds. The number of ketones is 1. The SMILES string of the molecule is CCCCCOc1ccc(C(=O)CCC(=O)N2CCN(CC(=O)N3CCCCC3)CC2)cc1. The quantitative estimate of drug-likeness (QED) is 0.376. The molecule has 0 bridgehead atoms. The van der Waals surface area contributed by atoms with Gasteiger partial charge in [0.25, 0.3) is 0 Å². The number of piperidine rings is 1. The van der Waals surface area contributed by atoms with Crippen LogP contribution in [0.15, 0.2) is 24.3 Å². The van der Waals surface area contributed by atoms with E-state index in [1.54, 1.807) is 12.1 Å². The molecule has 7 heteroatoms. The highest BCUT2D eigenvalue weighted by atomic mass is 16.5. The van der Waals surface area contributed by atoms with E-state index in [4.69, 9.17) is 4.74 Å². The number of amides is 2. The number of Topliss-reactive ketones (excluding diaryl/α,β-unsaturated/α-hetero) is 1. The fourth-order valence-corrected chi connectivity index (χ4v) is 4.39. The molecule has 2 fully saturated rings.